The second-order valence-electron chi connectivity index (χ2n) is 6.89. The number of aromatic nitrogens is 2. The molecular formula is C15H26N4O4. The molecule has 0 saturated carbocycles. The summed E-state index contributed by atoms with van der Waals surface area (Å²) in [4.78, 5) is 31.0. The van der Waals surface area contributed by atoms with E-state index >= 15 is 0 Å². The van der Waals surface area contributed by atoms with Crippen molar-refractivity contribution in [2.45, 2.75) is 58.2 Å². The minimum Gasteiger partial charge on any atom is -0.444 e. The standard InChI is InChI=1S/C15H26N4O4/c1-14(2,3)23-13(22)19-15(4,5)12(21)18-11(8-20)6-10-7-16-9-17-10/h7,9,11,20H,6,8H2,1-5H3,(H,16,17)(H,18,21)(H,19,22)/t11-/m0/s1. The second-order valence-corrected chi connectivity index (χ2v) is 6.89. The maximum absolute atomic E-state index is 12.3. The molecule has 0 spiro atoms. The molecule has 0 aliphatic carbocycles. The van der Waals surface area contributed by atoms with Crippen molar-refractivity contribution >= 4 is 12.0 Å². The number of aromatic amines is 1. The lowest BCUT2D eigenvalue weighted by atomic mass is 10.0. The van der Waals surface area contributed by atoms with E-state index in [1.165, 1.54) is 6.33 Å². The van der Waals surface area contributed by atoms with Gasteiger partial charge >= 0.3 is 6.09 Å². The van der Waals surface area contributed by atoms with Crippen LogP contribution in [-0.4, -0.2) is 50.9 Å². The number of aliphatic hydroxyl groups is 1. The fourth-order valence-electron chi connectivity index (χ4n) is 1.80. The maximum atomic E-state index is 12.3. The molecule has 1 aromatic rings. The van der Waals surface area contributed by atoms with Gasteiger partial charge in [0.1, 0.15) is 11.1 Å². The van der Waals surface area contributed by atoms with Crippen LogP contribution in [0.3, 0.4) is 0 Å². The molecule has 1 aromatic heterocycles. The molecule has 130 valence electrons. The molecule has 1 heterocycles. The predicted octanol–water partition coefficient (Wildman–Crippen LogP) is 0.733. The predicted molar refractivity (Wildman–Crippen MR) is 84.8 cm³/mol. The molecule has 0 aliphatic rings. The smallest absolute Gasteiger partial charge is 0.408 e. The van der Waals surface area contributed by atoms with E-state index in [9.17, 15) is 14.7 Å². The Hall–Kier alpha value is -2.09. The van der Waals surface area contributed by atoms with Crippen molar-refractivity contribution in [1.29, 1.82) is 0 Å². The zero-order valence-corrected chi connectivity index (χ0v) is 14.3. The Morgan fingerprint density at radius 3 is 2.48 bits per heavy atom. The maximum Gasteiger partial charge on any atom is 0.408 e. The molecule has 0 bridgehead atoms. The van der Waals surface area contributed by atoms with Gasteiger partial charge in [-0.05, 0) is 34.6 Å². The minimum atomic E-state index is -1.18. The Bertz CT molecular complexity index is 520. The van der Waals surface area contributed by atoms with Crippen molar-refractivity contribution in [2.24, 2.45) is 0 Å². The Balaban J connectivity index is 2.60. The van der Waals surface area contributed by atoms with E-state index < -0.39 is 29.2 Å². The van der Waals surface area contributed by atoms with Gasteiger partial charge in [0.2, 0.25) is 5.91 Å². The van der Waals surface area contributed by atoms with E-state index in [-0.39, 0.29) is 6.61 Å². The molecule has 0 radical (unpaired) electrons. The first kappa shape index (κ1) is 19.0. The molecule has 8 heteroatoms. The largest absolute Gasteiger partial charge is 0.444 e. The first-order valence-electron chi connectivity index (χ1n) is 7.44. The van der Waals surface area contributed by atoms with Gasteiger partial charge in [0, 0.05) is 18.3 Å². The number of amides is 2. The van der Waals surface area contributed by atoms with E-state index in [1.807, 2.05) is 0 Å². The van der Waals surface area contributed by atoms with Crippen LogP contribution in [0.2, 0.25) is 0 Å². The van der Waals surface area contributed by atoms with E-state index in [0.29, 0.717) is 6.42 Å². The van der Waals surface area contributed by atoms with Crippen LogP contribution < -0.4 is 10.6 Å². The minimum absolute atomic E-state index is 0.229. The van der Waals surface area contributed by atoms with Crippen LogP contribution in [0, 0.1) is 0 Å². The third-order valence-corrected chi connectivity index (χ3v) is 2.96. The highest BCUT2D eigenvalue weighted by molar-refractivity contribution is 5.89. The number of carbonyl (C=O) groups is 2. The van der Waals surface area contributed by atoms with Gasteiger partial charge in [0.15, 0.2) is 0 Å². The lowest BCUT2D eigenvalue weighted by Crippen LogP contribution is -2.58. The van der Waals surface area contributed by atoms with Crippen molar-refractivity contribution in [3.63, 3.8) is 0 Å². The van der Waals surface area contributed by atoms with Crippen LogP contribution in [-0.2, 0) is 16.0 Å². The van der Waals surface area contributed by atoms with Gasteiger partial charge in [-0.25, -0.2) is 9.78 Å². The summed E-state index contributed by atoms with van der Waals surface area (Å²) in [5.74, 6) is -0.415. The summed E-state index contributed by atoms with van der Waals surface area (Å²) in [7, 11) is 0. The average Bonchev–Trinajstić information content (AvgIpc) is 2.87. The van der Waals surface area contributed by atoms with Gasteiger partial charge in [-0.3, -0.25) is 4.79 Å². The number of alkyl carbamates (subject to hydrolysis) is 1. The van der Waals surface area contributed by atoms with Crippen LogP contribution in [0.4, 0.5) is 4.79 Å². The summed E-state index contributed by atoms with van der Waals surface area (Å²) in [6.45, 7) is 8.13. The van der Waals surface area contributed by atoms with Crippen LogP contribution >= 0.6 is 0 Å². The molecule has 0 unspecified atom stereocenters. The Morgan fingerprint density at radius 1 is 1.35 bits per heavy atom. The SMILES string of the molecule is CC(C)(C)OC(=O)NC(C)(C)C(=O)N[C@H](CO)Cc1cnc[nH]1. The zero-order valence-electron chi connectivity index (χ0n) is 14.3. The molecule has 4 N–H and O–H groups in total. The number of H-pyrrole nitrogens is 1. The molecule has 0 fully saturated rings. The highest BCUT2D eigenvalue weighted by Gasteiger charge is 2.32. The van der Waals surface area contributed by atoms with Crippen LogP contribution in [0.1, 0.15) is 40.3 Å². The van der Waals surface area contributed by atoms with Gasteiger partial charge in [-0.2, -0.15) is 0 Å². The number of nitrogens with one attached hydrogen (secondary N) is 3. The summed E-state index contributed by atoms with van der Waals surface area (Å²) in [5, 5.41) is 14.6. The molecule has 1 rings (SSSR count). The number of aliphatic hydroxyl groups excluding tert-OH is 1. The summed E-state index contributed by atoms with van der Waals surface area (Å²) < 4.78 is 5.15. The third kappa shape index (κ3) is 6.68. The lowest BCUT2D eigenvalue weighted by molar-refractivity contribution is -0.127. The Morgan fingerprint density at radius 2 is 2.00 bits per heavy atom. The van der Waals surface area contributed by atoms with Crippen LogP contribution in [0.5, 0.6) is 0 Å². The number of imidazole rings is 1. The van der Waals surface area contributed by atoms with Crippen molar-refractivity contribution in [2.75, 3.05) is 6.61 Å². The molecule has 0 aromatic carbocycles. The first-order valence-corrected chi connectivity index (χ1v) is 7.44. The molecule has 23 heavy (non-hydrogen) atoms. The number of rotatable bonds is 6. The number of hydrogen-bond donors (Lipinski definition) is 4. The summed E-state index contributed by atoms with van der Waals surface area (Å²) in [5.41, 5.74) is -1.03. The quantitative estimate of drug-likeness (QED) is 0.615. The average molecular weight is 326 g/mol. The topological polar surface area (TPSA) is 116 Å². The Labute approximate surface area is 136 Å². The molecule has 0 saturated heterocycles. The molecule has 8 nitrogen and oxygen atoms in total. The van der Waals surface area contributed by atoms with Crippen molar-refractivity contribution < 1.29 is 19.4 Å². The van der Waals surface area contributed by atoms with Gasteiger partial charge in [0.05, 0.1) is 19.0 Å². The molecule has 2 amide bonds. The monoisotopic (exact) mass is 326 g/mol. The summed E-state index contributed by atoms with van der Waals surface area (Å²) in [6.07, 6.45) is 2.88. The highest BCUT2D eigenvalue weighted by Crippen LogP contribution is 2.10. The van der Waals surface area contributed by atoms with E-state index in [2.05, 4.69) is 20.6 Å². The van der Waals surface area contributed by atoms with Gasteiger partial charge in [-0.15, -0.1) is 0 Å². The highest BCUT2D eigenvalue weighted by atomic mass is 16.6. The van der Waals surface area contributed by atoms with Crippen molar-refractivity contribution in [3.05, 3.63) is 18.2 Å². The number of ether oxygens (including phenoxy) is 1. The summed E-state index contributed by atoms with van der Waals surface area (Å²) >= 11 is 0. The van der Waals surface area contributed by atoms with Crippen molar-refractivity contribution in [3.8, 4) is 0 Å². The van der Waals surface area contributed by atoms with Gasteiger partial charge < -0.3 is 25.5 Å². The Kier molecular flexibility index (Phi) is 6.14. The first-order chi connectivity index (χ1) is 10.5. The summed E-state index contributed by atoms with van der Waals surface area (Å²) in [6, 6.07) is -0.484. The molecular weight excluding hydrogens is 300 g/mol. The van der Waals surface area contributed by atoms with E-state index in [1.54, 1.807) is 40.8 Å². The van der Waals surface area contributed by atoms with Crippen molar-refractivity contribution in [1.82, 2.24) is 20.6 Å². The van der Waals surface area contributed by atoms with E-state index in [4.69, 9.17) is 4.74 Å². The fraction of sp³-hybridized carbons (Fsp3) is 0.667. The van der Waals surface area contributed by atoms with E-state index in [0.717, 1.165) is 5.69 Å². The second kappa shape index (κ2) is 7.45. The third-order valence-electron chi connectivity index (χ3n) is 2.96. The van der Waals surface area contributed by atoms with Crippen LogP contribution in [0.15, 0.2) is 12.5 Å². The number of carbonyl (C=O) groups excluding carboxylic acids is 2. The molecule has 0 aliphatic heterocycles. The number of hydrogen-bond acceptors (Lipinski definition) is 5. The molecule has 1 atom stereocenters. The zero-order chi connectivity index (χ0) is 17.7. The number of nitrogens with zero attached hydrogens (tertiary/aromatic N) is 1. The normalized spacial score (nSPS) is 13.3. The van der Waals surface area contributed by atoms with Gasteiger partial charge in [-0.1, -0.05) is 0 Å². The van der Waals surface area contributed by atoms with Crippen LogP contribution in [0.25, 0.3) is 0 Å². The fourth-order valence-corrected chi connectivity index (χ4v) is 1.80. The lowest BCUT2D eigenvalue weighted by Gasteiger charge is -2.29. The van der Waals surface area contributed by atoms with Gasteiger partial charge in [0.25, 0.3) is 0 Å².